The van der Waals surface area contributed by atoms with Crippen molar-refractivity contribution in [1.29, 1.82) is 0 Å². The van der Waals surface area contributed by atoms with E-state index in [4.69, 9.17) is 5.11 Å². The zero-order valence-corrected chi connectivity index (χ0v) is 9.56. The van der Waals surface area contributed by atoms with Crippen LogP contribution in [-0.2, 0) is 10.0 Å². The first-order valence-electron chi connectivity index (χ1n) is 4.56. The van der Waals surface area contributed by atoms with Crippen molar-refractivity contribution in [3.8, 4) is 0 Å². The molecule has 2 N–H and O–H groups in total. The van der Waals surface area contributed by atoms with Gasteiger partial charge in [-0.3, -0.25) is 0 Å². The van der Waals surface area contributed by atoms with Gasteiger partial charge in [0.2, 0.25) is 10.0 Å². The number of aliphatic hydroxyl groups excluding tert-OH is 1. The summed E-state index contributed by atoms with van der Waals surface area (Å²) in [6.45, 7) is 0.887. The molecule has 0 amide bonds. The third-order valence-electron chi connectivity index (χ3n) is 1.80. The van der Waals surface area contributed by atoms with Gasteiger partial charge in [-0.25, -0.2) is 26.3 Å². The second-order valence-corrected chi connectivity index (χ2v) is 5.10. The van der Waals surface area contributed by atoms with E-state index < -0.39 is 45.0 Å². The fourth-order valence-corrected chi connectivity index (χ4v) is 2.32. The molecule has 0 saturated heterocycles. The Bertz CT molecular complexity index is 493. The van der Waals surface area contributed by atoms with Gasteiger partial charge in [0.05, 0.1) is 6.10 Å². The van der Waals surface area contributed by atoms with Gasteiger partial charge < -0.3 is 5.11 Å². The number of halogens is 3. The van der Waals surface area contributed by atoms with Crippen LogP contribution < -0.4 is 4.72 Å². The van der Waals surface area contributed by atoms with E-state index in [0.29, 0.717) is 0 Å². The van der Waals surface area contributed by atoms with E-state index in [9.17, 15) is 21.6 Å². The molecule has 0 heterocycles. The van der Waals surface area contributed by atoms with E-state index in [1.54, 1.807) is 4.72 Å². The fourth-order valence-electron chi connectivity index (χ4n) is 1.09. The van der Waals surface area contributed by atoms with Gasteiger partial charge in [-0.2, -0.15) is 0 Å². The van der Waals surface area contributed by atoms with E-state index >= 15 is 0 Å². The second kappa shape index (κ2) is 5.03. The molecule has 1 rings (SSSR count). The minimum Gasteiger partial charge on any atom is -0.392 e. The number of nitrogens with one attached hydrogen (secondary N) is 1. The smallest absolute Gasteiger partial charge is 0.246 e. The zero-order valence-electron chi connectivity index (χ0n) is 8.75. The Morgan fingerprint density at radius 2 is 1.76 bits per heavy atom. The molecule has 0 fully saturated rings. The van der Waals surface area contributed by atoms with E-state index in [1.165, 1.54) is 6.92 Å². The molecule has 4 nitrogen and oxygen atoms in total. The molecule has 0 aliphatic rings. The van der Waals surface area contributed by atoms with Crippen LogP contribution in [0.3, 0.4) is 0 Å². The molecule has 0 saturated carbocycles. The molecule has 0 bridgehead atoms. The molecular formula is C9H10F3NO3S. The molecule has 0 unspecified atom stereocenters. The van der Waals surface area contributed by atoms with Crippen LogP contribution >= 0.6 is 0 Å². The average molecular weight is 269 g/mol. The van der Waals surface area contributed by atoms with Gasteiger partial charge in [-0.1, -0.05) is 0 Å². The first-order chi connectivity index (χ1) is 7.74. The summed E-state index contributed by atoms with van der Waals surface area (Å²) in [5, 5.41) is 8.87. The number of rotatable bonds is 4. The molecule has 0 aromatic heterocycles. The van der Waals surface area contributed by atoms with Crippen LogP contribution in [0, 0.1) is 17.5 Å². The Labute approximate surface area is 96.1 Å². The van der Waals surface area contributed by atoms with Crippen molar-refractivity contribution >= 4 is 10.0 Å². The summed E-state index contributed by atoms with van der Waals surface area (Å²) >= 11 is 0. The van der Waals surface area contributed by atoms with Crippen LogP contribution in [0.4, 0.5) is 13.2 Å². The minimum absolute atomic E-state index is 0.264. The third-order valence-corrected chi connectivity index (χ3v) is 3.27. The van der Waals surface area contributed by atoms with Crippen molar-refractivity contribution in [1.82, 2.24) is 4.72 Å². The second-order valence-electron chi connectivity index (χ2n) is 3.40. The van der Waals surface area contributed by atoms with Gasteiger partial charge >= 0.3 is 0 Å². The summed E-state index contributed by atoms with van der Waals surface area (Å²) < 4.78 is 63.6. The van der Waals surface area contributed by atoms with E-state index in [2.05, 4.69) is 0 Å². The number of aliphatic hydroxyl groups is 1. The van der Waals surface area contributed by atoms with Gasteiger partial charge in [-0.05, 0) is 6.92 Å². The summed E-state index contributed by atoms with van der Waals surface area (Å²) in [5.41, 5.74) is 0. The molecule has 1 atom stereocenters. The quantitative estimate of drug-likeness (QED) is 0.848. The molecule has 0 radical (unpaired) electrons. The summed E-state index contributed by atoms with van der Waals surface area (Å²) in [6, 6.07) is 0.528. The Morgan fingerprint density at radius 3 is 2.18 bits per heavy atom. The van der Waals surface area contributed by atoms with Crippen LogP contribution in [0.15, 0.2) is 17.0 Å². The largest absolute Gasteiger partial charge is 0.392 e. The Balaban J connectivity index is 3.16. The highest BCUT2D eigenvalue weighted by atomic mass is 32.2. The van der Waals surface area contributed by atoms with Gasteiger partial charge in [0, 0.05) is 18.7 Å². The molecule has 1 aromatic carbocycles. The molecule has 1 aromatic rings. The zero-order chi connectivity index (χ0) is 13.2. The predicted octanol–water partition coefficient (Wildman–Crippen LogP) is 0.763. The van der Waals surface area contributed by atoms with Crippen LogP contribution in [0.1, 0.15) is 6.92 Å². The lowest BCUT2D eigenvalue weighted by Crippen LogP contribution is -2.31. The first kappa shape index (κ1) is 13.9. The van der Waals surface area contributed by atoms with Crippen LogP contribution in [0.5, 0.6) is 0 Å². The molecule has 0 aliphatic carbocycles. The molecule has 8 heteroatoms. The lowest BCUT2D eigenvalue weighted by molar-refractivity contribution is 0.198. The maximum atomic E-state index is 13.2. The highest BCUT2D eigenvalue weighted by Gasteiger charge is 2.25. The molecule has 0 aliphatic heterocycles. The van der Waals surface area contributed by atoms with Crippen LogP contribution in [0.2, 0.25) is 0 Å². The SMILES string of the molecule is C[C@@H](O)CNS(=O)(=O)c1c(F)cc(F)cc1F. The third kappa shape index (κ3) is 3.42. The monoisotopic (exact) mass is 269 g/mol. The molecule has 17 heavy (non-hydrogen) atoms. The molecular weight excluding hydrogens is 259 g/mol. The lowest BCUT2D eigenvalue weighted by atomic mass is 10.3. The summed E-state index contributed by atoms with van der Waals surface area (Å²) in [7, 11) is -4.46. The topological polar surface area (TPSA) is 66.4 Å². The number of hydrogen-bond donors (Lipinski definition) is 2. The maximum absolute atomic E-state index is 13.2. The van der Waals surface area contributed by atoms with Crippen molar-refractivity contribution in [2.45, 2.75) is 17.9 Å². The van der Waals surface area contributed by atoms with Gasteiger partial charge in [-0.15, -0.1) is 0 Å². The summed E-state index contributed by atoms with van der Waals surface area (Å²) in [6.07, 6.45) is -1.02. The van der Waals surface area contributed by atoms with E-state index in [0.717, 1.165) is 0 Å². The Kier molecular flexibility index (Phi) is 4.12. The van der Waals surface area contributed by atoms with E-state index in [-0.39, 0.29) is 12.1 Å². The highest BCUT2D eigenvalue weighted by molar-refractivity contribution is 7.89. The average Bonchev–Trinajstić information content (AvgIpc) is 2.12. The number of benzene rings is 1. The fraction of sp³-hybridized carbons (Fsp3) is 0.333. The number of sulfonamides is 1. The van der Waals surface area contributed by atoms with Gasteiger partial charge in [0.15, 0.2) is 4.90 Å². The lowest BCUT2D eigenvalue weighted by Gasteiger charge is -2.09. The van der Waals surface area contributed by atoms with Gasteiger partial charge in [0.1, 0.15) is 17.5 Å². The maximum Gasteiger partial charge on any atom is 0.246 e. The first-order valence-corrected chi connectivity index (χ1v) is 6.04. The van der Waals surface area contributed by atoms with Crippen LogP contribution in [-0.4, -0.2) is 26.2 Å². The van der Waals surface area contributed by atoms with E-state index in [1.807, 2.05) is 0 Å². The minimum atomic E-state index is -4.46. The summed E-state index contributed by atoms with van der Waals surface area (Å²) in [5.74, 6) is -4.27. The van der Waals surface area contributed by atoms with Crippen molar-refractivity contribution < 1.29 is 26.7 Å². The van der Waals surface area contributed by atoms with Crippen LogP contribution in [0.25, 0.3) is 0 Å². The van der Waals surface area contributed by atoms with Crippen molar-refractivity contribution in [3.63, 3.8) is 0 Å². The highest BCUT2D eigenvalue weighted by Crippen LogP contribution is 2.19. The number of hydrogen-bond acceptors (Lipinski definition) is 3. The molecule has 96 valence electrons. The predicted molar refractivity (Wildman–Crippen MR) is 53.2 cm³/mol. The standard InChI is InChI=1S/C9H10F3NO3S/c1-5(14)4-13-17(15,16)9-7(11)2-6(10)3-8(9)12/h2-3,5,13-14H,4H2,1H3/t5-/m1/s1. The van der Waals surface area contributed by atoms with Crippen molar-refractivity contribution in [2.24, 2.45) is 0 Å². The normalized spacial score (nSPS) is 13.7. The van der Waals surface area contributed by atoms with Gasteiger partial charge in [0.25, 0.3) is 0 Å². The Morgan fingerprint density at radius 1 is 1.29 bits per heavy atom. The van der Waals surface area contributed by atoms with Crippen molar-refractivity contribution in [3.05, 3.63) is 29.6 Å². The Hall–Kier alpha value is -1.12. The summed E-state index contributed by atoms with van der Waals surface area (Å²) in [4.78, 5) is -1.26. The van der Waals surface area contributed by atoms with Crippen molar-refractivity contribution in [2.75, 3.05) is 6.54 Å². The molecule has 0 spiro atoms.